The largest absolute Gasteiger partial charge is 0.396 e. The Morgan fingerprint density at radius 1 is 1.37 bits per heavy atom. The zero-order chi connectivity index (χ0) is 14.0. The van der Waals surface area contributed by atoms with E-state index < -0.39 is 0 Å². The molecule has 2 aromatic rings. The maximum Gasteiger partial charge on any atom is 0.106 e. The van der Waals surface area contributed by atoms with Gasteiger partial charge < -0.3 is 19.7 Å². The van der Waals surface area contributed by atoms with Crippen LogP contribution in [0.3, 0.4) is 0 Å². The van der Waals surface area contributed by atoms with Gasteiger partial charge in [-0.05, 0) is 31.5 Å². The lowest BCUT2D eigenvalue weighted by molar-refractivity contribution is 0.218. The van der Waals surface area contributed by atoms with Crippen LogP contribution < -0.4 is 4.90 Å². The maximum absolute atomic E-state index is 9.38. The zero-order valence-corrected chi connectivity index (χ0v) is 11.7. The predicted octanol–water partition coefficient (Wildman–Crippen LogP) is 1.06. The first-order valence-electron chi connectivity index (χ1n) is 6.46. The quantitative estimate of drug-likeness (QED) is 0.847. The lowest BCUT2D eigenvalue weighted by Gasteiger charge is -2.28. The van der Waals surface area contributed by atoms with Crippen molar-refractivity contribution in [3.05, 3.63) is 24.0 Å². The van der Waals surface area contributed by atoms with Crippen LogP contribution in [0.5, 0.6) is 0 Å². The number of aliphatic hydroxyl groups excluding tert-OH is 2. The Bertz CT molecular complexity index is 565. The average Bonchev–Trinajstić information content (AvgIpc) is 2.70. The number of aryl methyl sites for hydroxylation is 2. The van der Waals surface area contributed by atoms with Gasteiger partial charge in [0.2, 0.25) is 0 Å². The molecule has 2 N–H and O–H groups in total. The highest BCUT2D eigenvalue weighted by atomic mass is 16.3. The van der Waals surface area contributed by atoms with E-state index in [2.05, 4.69) is 9.55 Å². The molecule has 19 heavy (non-hydrogen) atoms. The number of aromatic nitrogens is 2. The summed E-state index contributed by atoms with van der Waals surface area (Å²) in [4.78, 5) is 6.50. The van der Waals surface area contributed by atoms with E-state index in [1.54, 1.807) is 0 Å². The summed E-state index contributed by atoms with van der Waals surface area (Å²) < 4.78 is 2.05. The van der Waals surface area contributed by atoms with Gasteiger partial charge in [-0.2, -0.15) is 0 Å². The van der Waals surface area contributed by atoms with E-state index in [9.17, 15) is 5.11 Å². The predicted molar refractivity (Wildman–Crippen MR) is 76.4 cm³/mol. The fourth-order valence-corrected chi connectivity index (χ4v) is 2.30. The lowest BCUT2D eigenvalue weighted by atomic mass is 10.1. The molecule has 1 unspecified atom stereocenters. The fraction of sp³-hybridized carbons (Fsp3) is 0.500. The topological polar surface area (TPSA) is 61.5 Å². The Kier molecular flexibility index (Phi) is 4.07. The van der Waals surface area contributed by atoms with Crippen molar-refractivity contribution in [2.45, 2.75) is 19.4 Å². The third kappa shape index (κ3) is 2.57. The van der Waals surface area contributed by atoms with Gasteiger partial charge in [-0.15, -0.1) is 0 Å². The molecule has 2 rings (SSSR count). The highest BCUT2D eigenvalue weighted by Gasteiger charge is 2.15. The van der Waals surface area contributed by atoms with Gasteiger partial charge in [0.15, 0.2) is 0 Å². The van der Waals surface area contributed by atoms with Crippen LogP contribution in [0.15, 0.2) is 18.2 Å². The third-order valence-corrected chi connectivity index (χ3v) is 3.72. The number of rotatable bonds is 5. The second-order valence-corrected chi connectivity index (χ2v) is 4.85. The number of imidazole rings is 1. The van der Waals surface area contributed by atoms with Gasteiger partial charge in [-0.25, -0.2) is 4.98 Å². The van der Waals surface area contributed by atoms with Gasteiger partial charge in [0, 0.05) is 26.4 Å². The number of anilines is 1. The summed E-state index contributed by atoms with van der Waals surface area (Å²) in [6.45, 7) is 2.07. The molecule has 0 aliphatic rings. The van der Waals surface area contributed by atoms with Gasteiger partial charge >= 0.3 is 0 Å². The molecule has 104 valence electrons. The number of hydrogen-bond acceptors (Lipinski definition) is 4. The van der Waals surface area contributed by atoms with Crippen molar-refractivity contribution in [3.63, 3.8) is 0 Å². The van der Waals surface area contributed by atoms with Gasteiger partial charge in [0.05, 0.1) is 23.7 Å². The van der Waals surface area contributed by atoms with Crippen molar-refractivity contribution < 1.29 is 10.2 Å². The van der Waals surface area contributed by atoms with Crippen molar-refractivity contribution in [3.8, 4) is 0 Å². The number of likely N-dealkylation sites (N-methyl/N-ethyl adjacent to an activating group) is 1. The molecule has 1 aromatic heterocycles. The molecule has 0 bridgehead atoms. The van der Waals surface area contributed by atoms with E-state index in [0.717, 1.165) is 22.5 Å². The molecule has 0 aliphatic carbocycles. The molecule has 1 heterocycles. The molecule has 0 saturated heterocycles. The summed E-state index contributed by atoms with van der Waals surface area (Å²) >= 11 is 0. The molecule has 0 amide bonds. The Balaban J connectivity index is 2.34. The maximum atomic E-state index is 9.38. The van der Waals surface area contributed by atoms with E-state index in [4.69, 9.17) is 5.11 Å². The van der Waals surface area contributed by atoms with Crippen LogP contribution >= 0.6 is 0 Å². The van der Waals surface area contributed by atoms with Gasteiger partial charge in [-0.1, -0.05) is 0 Å². The first kappa shape index (κ1) is 13.8. The molecule has 0 radical (unpaired) electrons. The minimum Gasteiger partial charge on any atom is -0.396 e. The SMILES string of the molecule is Cc1nc2cc(N(C)C(CO)CCO)ccc2n1C. The minimum absolute atomic E-state index is 0.0241. The van der Waals surface area contributed by atoms with Gasteiger partial charge in [0.25, 0.3) is 0 Å². The van der Waals surface area contributed by atoms with Crippen LogP contribution in [0.25, 0.3) is 11.0 Å². The highest BCUT2D eigenvalue weighted by molar-refractivity contribution is 5.80. The molecule has 0 fully saturated rings. The summed E-state index contributed by atoms with van der Waals surface area (Å²) in [5, 5.41) is 18.4. The second-order valence-electron chi connectivity index (χ2n) is 4.85. The van der Waals surface area contributed by atoms with E-state index in [1.807, 2.05) is 44.1 Å². The van der Waals surface area contributed by atoms with E-state index in [-0.39, 0.29) is 19.3 Å². The zero-order valence-electron chi connectivity index (χ0n) is 11.7. The van der Waals surface area contributed by atoms with Crippen molar-refractivity contribution in [2.75, 3.05) is 25.2 Å². The van der Waals surface area contributed by atoms with E-state index >= 15 is 0 Å². The van der Waals surface area contributed by atoms with Crippen LogP contribution in [0, 0.1) is 6.92 Å². The first-order chi connectivity index (χ1) is 9.08. The smallest absolute Gasteiger partial charge is 0.106 e. The average molecular weight is 263 g/mol. The number of aliphatic hydroxyl groups is 2. The fourth-order valence-electron chi connectivity index (χ4n) is 2.30. The summed E-state index contributed by atoms with van der Waals surface area (Å²) in [6.07, 6.45) is 0.548. The summed E-state index contributed by atoms with van der Waals surface area (Å²) in [7, 11) is 3.92. The first-order valence-corrected chi connectivity index (χ1v) is 6.46. The Hall–Kier alpha value is -1.59. The number of hydrogen-bond donors (Lipinski definition) is 2. The standard InChI is InChI=1S/C14H21N3O2/c1-10-15-13-8-11(4-5-14(13)16(10)2)17(3)12(9-19)6-7-18/h4-5,8,12,18-19H,6-7,9H2,1-3H3. The molecule has 5 heteroatoms. The molecule has 0 aliphatic heterocycles. The second kappa shape index (κ2) is 5.59. The van der Waals surface area contributed by atoms with Crippen LogP contribution in [-0.4, -0.2) is 46.1 Å². The van der Waals surface area contributed by atoms with Crippen molar-refractivity contribution in [2.24, 2.45) is 7.05 Å². The molecule has 5 nitrogen and oxygen atoms in total. The lowest BCUT2D eigenvalue weighted by Crippen LogP contribution is -2.35. The minimum atomic E-state index is -0.0766. The van der Waals surface area contributed by atoms with Gasteiger partial charge in [-0.3, -0.25) is 0 Å². The molecule has 0 saturated carbocycles. The molecular weight excluding hydrogens is 242 g/mol. The third-order valence-electron chi connectivity index (χ3n) is 3.72. The van der Waals surface area contributed by atoms with Crippen molar-refractivity contribution >= 4 is 16.7 Å². The Morgan fingerprint density at radius 3 is 2.74 bits per heavy atom. The van der Waals surface area contributed by atoms with Crippen LogP contribution in [0.1, 0.15) is 12.2 Å². The van der Waals surface area contributed by atoms with Crippen LogP contribution in [-0.2, 0) is 7.05 Å². The van der Waals surface area contributed by atoms with E-state index in [1.165, 1.54) is 0 Å². The normalized spacial score (nSPS) is 12.9. The summed E-state index contributed by atoms with van der Waals surface area (Å²) in [5.74, 6) is 0.976. The Labute approximate surface area is 113 Å². The summed E-state index contributed by atoms with van der Waals surface area (Å²) in [5.41, 5.74) is 3.04. The Morgan fingerprint density at radius 2 is 2.11 bits per heavy atom. The van der Waals surface area contributed by atoms with Crippen LogP contribution in [0.2, 0.25) is 0 Å². The summed E-state index contributed by atoms with van der Waals surface area (Å²) in [6, 6.07) is 5.99. The molecule has 1 atom stereocenters. The molecular formula is C14H21N3O2. The number of benzene rings is 1. The molecule has 1 aromatic carbocycles. The van der Waals surface area contributed by atoms with Crippen LogP contribution in [0.4, 0.5) is 5.69 Å². The van der Waals surface area contributed by atoms with Gasteiger partial charge in [0.1, 0.15) is 5.82 Å². The number of fused-ring (bicyclic) bond motifs is 1. The van der Waals surface area contributed by atoms with E-state index in [0.29, 0.717) is 6.42 Å². The molecule has 0 spiro atoms. The van der Waals surface area contributed by atoms with Crippen molar-refractivity contribution in [1.29, 1.82) is 0 Å². The number of nitrogens with zero attached hydrogens (tertiary/aromatic N) is 3. The monoisotopic (exact) mass is 263 g/mol. The van der Waals surface area contributed by atoms with Crippen molar-refractivity contribution in [1.82, 2.24) is 9.55 Å². The highest BCUT2D eigenvalue weighted by Crippen LogP contribution is 2.23.